The van der Waals surface area contributed by atoms with E-state index < -0.39 is 12.0 Å². The van der Waals surface area contributed by atoms with Crippen molar-refractivity contribution in [2.45, 2.75) is 13.0 Å². The quantitative estimate of drug-likeness (QED) is 0.387. The Morgan fingerprint density at radius 3 is 2.67 bits per heavy atom. The van der Waals surface area contributed by atoms with Crippen molar-refractivity contribution in [3.05, 3.63) is 23.8 Å². The fourth-order valence-corrected chi connectivity index (χ4v) is 1.71. The highest BCUT2D eigenvalue weighted by Crippen LogP contribution is 2.24. The summed E-state index contributed by atoms with van der Waals surface area (Å²) in [5, 5.41) is 5.68. The van der Waals surface area contributed by atoms with Crippen molar-refractivity contribution in [1.29, 1.82) is 0 Å². The van der Waals surface area contributed by atoms with Crippen LogP contribution in [0.15, 0.2) is 18.2 Å². The third-order valence-corrected chi connectivity index (χ3v) is 2.88. The van der Waals surface area contributed by atoms with Crippen LogP contribution in [0.25, 0.3) is 0 Å². The predicted molar refractivity (Wildman–Crippen MR) is 80.2 cm³/mol. The Labute approximate surface area is 123 Å². The number of benzene rings is 1. The van der Waals surface area contributed by atoms with Crippen molar-refractivity contribution in [3.8, 4) is 0 Å². The number of carbonyl (C=O) groups excluding carboxylic acids is 2. The monoisotopic (exact) mass is 295 g/mol. The van der Waals surface area contributed by atoms with Crippen LogP contribution in [0, 0.1) is 0 Å². The predicted octanol–water partition coefficient (Wildman–Crippen LogP) is 0.618. The first-order valence-electron chi connectivity index (χ1n) is 6.51. The van der Waals surface area contributed by atoms with Crippen LogP contribution in [-0.4, -0.2) is 45.3 Å². The van der Waals surface area contributed by atoms with Crippen molar-refractivity contribution >= 4 is 23.3 Å². The molecular weight excluding hydrogens is 274 g/mol. The Morgan fingerprint density at radius 1 is 1.33 bits per heavy atom. The van der Waals surface area contributed by atoms with Crippen molar-refractivity contribution in [2.75, 3.05) is 38.4 Å². The van der Waals surface area contributed by atoms with E-state index in [1.54, 1.807) is 32.2 Å². The lowest BCUT2D eigenvalue weighted by Crippen LogP contribution is -2.39. The second-order valence-corrected chi connectivity index (χ2v) is 4.41. The smallest absolute Gasteiger partial charge is 0.340 e. The normalized spacial score (nSPS) is 11.6. The van der Waals surface area contributed by atoms with E-state index >= 15 is 0 Å². The number of nitrogens with one attached hydrogen (secondary N) is 2. The number of nitrogens with two attached hydrogens (primary N) is 1. The number of methoxy groups -OCH3 is 2. The molecule has 1 atom stereocenters. The number of ether oxygens (including phenoxy) is 2. The Balaban J connectivity index is 2.74. The van der Waals surface area contributed by atoms with E-state index in [0.29, 0.717) is 18.8 Å². The average molecular weight is 295 g/mol. The number of carbonyl (C=O) groups is 2. The average Bonchev–Trinajstić information content (AvgIpc) is 2.48. The van der Waals surface area contributed by atoms with Gasteiger partial charge in [-0.15, -0.1) is 0 Å². The van der Waals surface area contributed by atoms with Crippen molar-refractivity contribution in [3.63, 3.8) is 0 Å². The zero-order valence-corrected chi connectivity index (χ0v) is 12.4. The second-order valence-electron chi connectivity index (χ2n) is 4.41. The first kappa shape index (κ1) is 16.8. The van der Waals surface area contributed by atoms with Gasteiger partial charge in [0, 0.05) is 13.7 Å². The van der Waals surface area contributed by atoms with Gasteiger partial charge in [0.05, 0.1) is 30.7 Å². The van der Waals surface area contributed by atoms with Gasteiger partial charge in [0.1, 0.15) is 6.04 Å². The number of anilines is 2. The number of hydrogen-bond donors (Lipinski definition) is 3. The molecule has 0 heterocycles. The lowest BCUT2D eigenvalue weighted by Gasteiger charge is -2.17. The maximum atomic E-state index is 11.8. The highest BCUT2D eigenvalue weighted by atomic mass is 16.5. The third kappa shape index (κ3) is 4.64. The minimum absolute atomic E-state index is 0.185. The molecule has 0 saturated carbocycles. The molecule has 0 fully saturated rings. The van der Waals surface area contributed by atoms with Gasteiger partial charge in [0.15, 0.2) is 0 Å². The molecule has 116 valence electrons. The Morgan fingerprint density at radius 2 is 2.05 bits per heavy atom. The van der Waals surface area contributed by atoms with Gasteiger partial charge in [-0.25, -0.2) is 4.79 Å². The molecule has 0 aromatic heterocycles. The number of rotatable bonds is 7. The molecule has 0 radical (unpaired) electrons. The summed E-state index contributed by atoms with van der Waals surface area (Å²) in [6, 6.07) is 4.42. The zero-order chi connectivity index (χ0) is 15.8. The summed E-state index contributed by atoms with van der Waals surface area (Å²) in [5.74, 6) is -0.705. The van der Waals surface area contributed by atoms with Crippen LogP contribution in [0.4, 0.5) is 11.4 Å². The van der Waals surface area contributed by atoms with Gasteiger partial charge < -0.3 is 25.8 Å². The highest BCUT2D eigenvalue weighted by Gasteiger charge is 2.16. The summed E-state index contributed by atoms with van der Waals surface area (Å²) in [4.78, 5) is 23.4. The molecule has 0 aliphatic rings. The van der Waals surface area contributed by atoms with E-state index in [0.717, 1.165) is 0 Å². The summed E-state index contributed by atoms with van der Waals surface area (Å²) in [6.45, 7) is 2.57. The van der Waals surface area contributed by atoms with Crippen LogP contribution in [0.5, 0.6) is 0 Å². The van der Waals surface area contributed by atoms with Crippen LogP contribution in [0.3, 0.4) is 0 Å². The van der Waals surface area contributed by atoms with Crippen molar-refractivity contribution in [1.82, 2.24) is 5.32 Å². The molecule has 1 amide bonds. The molecule has 0 aliphatic heterocycles. The van der Waals surface area contributed by atoms with Gasteiger partial charge in [-0.3, -0.25) is 4.79 Å². The SMILES string of the molecule is COCCNC(=O)C(C)Nc1cccc(C(=O)OC)c1N. The highest BCUT2D eigenvalue weighted by molar-refractivity contribution is 5.98. The van der Waals surface area contributed by atoms with Gasteiger partial charge in [0.2, 0.25) is 5.91 Å². The number of para-hydroxylation sites is 1. The zero-order valence-electron chi connectivity index (χ0n) is 12.4. The second kappa shape index (κ2) is 8.11. The molecule has 1 unspecified atom stereocenters. The molecule has 7 heteroatoms. The number of esters is 1. The van der Waals surface area contributed by atoms with Gasteiger partial charge in [-0.05, 0) is 19.1 Å². The maximum absolute atomic E-state index is 11.8. The standard InChI is InChI=1S/C14H21N3O4/c1-9(13(18)16-7-8-20-2)17-11-6-4-5-10(12(11)15)14(19)21-3/h4-6,9,17H,7-8,15H2,1-3H3,(H,16,18). The lowest BCUT2D eigenvalue weighted by molar-refractivity contribution is -0.121. The van der Waals surface area contributed by atoms with Crippen LogP contribution in [0.1, 0.15) is 17.3 Å². The molecule has 4 N–H and O–H groups in total. The summed E-state index contributed by atoms with van der Waals surface area (Å²) < 4.78 is 9.51. The summed E-state index contributed by atoms with van der Waals surface area (Å²) in [7, 11) is 2.85. The first-order valence-corrected chi connectivity index (χ1v) is 6.51. The van der Waals surface area contributed by atoms with Crippen LogP contribution in [0.2, 0.25) is 0 Å². The van der Waals surface area contributed by atoms with E-state index in [-0.39, 0.29) is 17.2 Å². The van der Waals surface area contributed by atoms with E-state index in [2.05, 4.69) is 15.4 Å². The van der Waals surface area contributed by atoms with Gasteiger partial charge in [-0.1, -0.05) is 6.07 Å². The molecule has 1 aromatic rings. The molecule has 0 saturated heterocycles. The molecule has 1 rings (SSSR count). The lowest BCUT2D eigenvalue weighted by atomic mass is 10.1. The Hall–Kier alpha value is -2.28. The molecular formula is C14H21N3O4. The summed E-state index contributed by atoms with van der Waals surface area (Å²) in [6.07, 6.45) is 0. The summed E-state index contributed by atoms with van der Waals surface area (Å²) >= 11 is 0. The number of hydrogen-bond acceptors (Lipinski definition) is 6. The van der Waals surface area contributed by atoms with Gasteiger partial charge in [0.25, 0.3) is 0 Å². The Bertz CT molecular complexity index is 505. The van der Waals surface area contributed by atoms with Gasteiger partial charge >= 0.3 is 5.97 Å². The van der Waals surface area contributed by atoms with Crippen LogP contribution >= 0.6 is 0 Å². The molecule has 0 spiro atoms. The van der Waals surface area contributed by atoms with E-state index in [1.165, 1.54) is 7.11 Å². The fourth-order valence-electron chi connectivity index (χ4n) is 1.71. The Kier molecular flexibility index (Phi) is 6.48. The van der Waals surface area contributed by atoms with E-state index in [1.807, 2.05) is 0 Å². The summed E-state index contributed by atoms with van der Waals surface area (Å²) in [5.41, 5.74) is 6.93. The van der Waals surface area contributed by atoms with Crippen LogP contribution < -0.4 is 16.4 Å². The minimum Gasteiger partial charge on any atom is -0.465 e. The fraction of sp³-hybridized carbons (Fsp3) is 0.429. The van der Waals surface area contributed by atoms with Crippen molar-refractivity contribution in [2.24, 2.45) is 0 Å². The molecule has 0 aliphatic carbocycles. The number of amides is 1. The third-order valence-electron chi connectivity index (χ3n) is 2.88. The molecule has 1 aromatic carbocycles. The van der Waals surface area contributed by atoms with E-state index in [4.69, 9.17) is 10.5 Å². The number of nitrogen functional groups attached to an aromatic ring is 1. The van der Waals surface area contributed by atoms with Gasteiger partial charge in [-0.2, -0.15) is 0 Å². The molecule has 0 bridgehead atoms. The van der Waals surface area contributed by atoms with Crippen LogP contribution in [-0.2, 0) is 14.3 Å². The van der Waals surface area contributed by atoms with E-state index in [9.17, 15) is 9.59 Å². The molecule has 7 nitrogen and oxygen atoms in total. The maximum Gasteiger partial charge on any atom is 0.340 e. The topological polar surface area (TPSA) is 103 Å². The largest absolute Gasteiger partial charge is 0.465 e. The van der Waals surface area contributed by atoms with Crippen molar-refractivity contribution < 1.29 is 19.1 Å². The first-order chi connectivity index (χ1) is 10.0. The molecule has 21 heavy (non-hydrogen) atoms. The minimum atomic E-state index is -0.520.